The zero-order valence-corrected chi connectivity index (χ0v) is 16.2. The van der Waals surface area contributed by atoms with Gasteiger partial charge < -0.3 is 9.64 Å². The molecule has 1 amide bonds. The second-order valence-corrected chi connectivity index (χ2v) is 7.46. The highest BCUT2D eigenvalue weighted by molar-refractivity contribution is 8.13. The Labute approximate surface area is 154 Å². The van der Waals surface area contributed by atoms with E-state index < -0.39 is 0 Å². The fourth-order valence-corrected chi connectivity index (χ4v) is 3.56. The summed E-state index contributed by atoms with van der Waals surface area (Å²) < 4.78 is 6.16. The number of carbonyl (C=O) groups excluding carboxylic acids is 1. The van der Waals surface area contributed by atoms with Crippen molar-refractivity contribution < 1.29 is 9.53 Å². The van der Waals surface area contributed by atoms with E-state index in [1.54, 1.807) is 4.90 Å². The van der Waals surface area contributed by atoms with Crippen LogP contribution in [0.4, 0.5) is 10.5 Å². The van der Waals surface area contributed by atoms with E-state index in [-0.39, 0.29) is 5.24 Å². The predicted octanol–water partition coefficient (Wildman–Crippen LogP) is 5.68. The molecule has 0 aromatic heterocycles. The van der Waals surface area contributed by atoms with Crippen molar-refractivity contribution in [1.82, 2.24) is 0 Å². The summed E-state index contributed by atoms with van der Waals surface area (Å²) in [7, 11) is 1.84. The van der Waals surface area contributed by atoms with Gasteiger partial charge in [0, 0.05) is 12.6 Å². The monoisotopic (exact) mass is 355 g/mol. The molecule has 3 nitrogen and oxygen atoms in total. The van der Waals surface area contributed by atoms with Gasteiger partial charge in [0.2, 0.25) is 0 Å². The molecule has 0 N–H and O–H groups in total. The molecule has 0 atom stereocenters. The number of thioether (sulfide) groups is 1. The SMILES string of the molecule is CSC(=O)N(C)c1cccc(C2CC2)c1COc1ccc(C)cc1C. The Kier molecular flexibility index (Phi) is 5.38. The van der Waals surface area contributed by atoms with Crippen molar-refractivity contribution in [3.63, 3.8) is 0 Å². The Morgan fingerprint density at radius 2 is 2.00 bits per heavy atom. The molecule has 0 spiro atoms. The van der Waals surface area contributed by atoms with Gasteiger partial charge in [-0.25, -0.2) is 0 Å². The molecule has 2 aromatic carbocycles. The summed E-state index contributed by atoms with van der Waals surface area (Å²) in [6, 6.07) is 12.5. The van der Waals surface area contributed by atoms with E-state index in [1.165, 1.54) is 35.7 Å². The van der Waals surface area contributed by atoms with E-state index in [9.17, 15) is 4.79 Å². The number of benzene rings is 2. The van der Waals surface area contributed by atoms with Crippen molar-refractivity contribution in [3.05, 3.63) is 58.7 Å². The van der Waals surface area contributed by atoms with Crippen LogP contribution in [0.5, 0.6) is 5.75 Å². The lowest BCUT2D eigenvalue weighted by molar-refractivity contribution is 0.266. The summed E-state index contributed by atoms with van der Waals surface area (Å²) in [4.78, 5) is 13.9. The first-order valence-corrected chi connectivity index (χ1v) is 9.87. The lowest BCUT2D eigenvalue weighted by atomic mass is 10.0. The van der Waals surface area contributed by atoms with Gasteiger partial charge in [0.1, 0.15) is 12.4 Å². The molecule has 1 fully saturated rings. The van der Waals surface area contributed by atoms with Gasteiger partial charge in [-0.2, -0.15) is 0 Å². The number of aryl methyl sites for hydroxylation is 2. The minimum Gasteiger partial charge on any atom is -0.489 e. The molecule has 1 aliphatic carbocycles. The van der Waals surface area contributed by atoms with Crippen LogP contribution in [0.2, 0.25) is 0 Å². The molecule has 1 saturated carbocycles. The molecule has 0 radical (unpaired) electrons. The molecular formula is C21H25NO2S. The van der Waals surface area contributed by atoms with Crippen molar-refractivity contribution in [2.75, 3.05) is 18.2 Å². The topological polar surface area (TPSA) is 29.5 Å². The molecule has 0 heterocycles. The average molecular weight is 356 g/mol. The van der Waals surface area contributed by atoms with Crippen molar-refractivity contribution in [3.8, 4) is 5.75 Å². The third-order valence-corrected chi connectivity index (χ3v) is 5.34. The van der Waals surface area contributed by atoms with Gasteiger partial charge in [0.25, 0.3) is 5.24 Å². The summed E-state index contributed by atoms with van der Waals surface area (Å²) in [5.74, 6) is 1.51. The number of ether oxygens (including phenoxy) is 1. The Morgan fingerprint density at radius 1 is 1.24 bits per heavy atom. The normalized spacial score (nSPS) is 13.6. The Balaban J connectivity index is 1.91. The number of hydrogen-bond acceptors (Lipinski definition) is 3. The molecule has 0 unspecified atom stereocenters. The van der Waals surface area contributed by atoms with E-state index >= 15 is 0 Å². The summed E-state index contributed by atoms with van der Waals surface area (Å²) in [6.07, 6.45) is 4.26. The minimum absolute atomic E-state index is 0.0423. The van der Waals surface area contributed by atoms with Gasteiger partial charge in [0.15, 0.2) is 0 Å². The van der Waals surface area contributed by atoms with Crippen LogP contribution in [-0.2, 0) is 6.61 Å². The highest BCUT2D eigenvalue weighted by Crippen LogP contribution is 2.44. The minimum atomic E-state index is 0.0423. The van der Waals surface area contributed by atoms with Crippen LogP contribution >= 0.6 is 11.8 Å². The maximum Gasteiger partial charge on any atom is 0.285 e. The maximum absolute atomic E-state index is 12.2. The van der Waals surface area contributed by atoms with Crippen molar-refractivity contribution in [1.29, 1.82) is 0 Å². The van der Waals surface area contributed by atoms with Crippen LogP contribution in [-0.4, -0.2) is 18.5 Å². The standard InChI is InChI=1S/C21H25NO2S/c1-14-8-11-20(15(2)12-14)24-13-18-17(16-9-10-16)6-5-7-19(18)22(3)21(23)25-4/h5-8,11-12,16H,9-10,13H2,1-4H3. The largest absolute Gasteiger partial charge is 0.489 e. The Bertz CT molecular complexity index is 783. The van der Waals surface area contributed by atoms with Crippen LogP contribution in [0.25, 0.3) is 0 Å². The quantitative estimate of drug-likeness (QED) is 0.691. The molecule has 1 aliphatic rings. The first-order chi connectivity index (χ1) is 12.0. The lowest BCUT2D eigenvalue weighted by Crippen LogP contribution is -2.23. The molecule has 4 heteroatoms. The maximum atomic E-state index is 12.2. The zero-order valence-electron chi connectivity index (χ0n) is 15.3. The Hall–Kier alpha value is -1.94. The second kappa shape index (κ2) is 7.52. The van der Waals surface area contributed by atoms with Gasteiger partial charge in [0.05, 0.1) is 5.69 Å². The third-order valence-electron chi connectivity index (χ3n) is 4.72. The van der Waals surface area contributed by atoms with Gasteiger partial charge in [-0.3, -0.25) is 4.79 Å². The first kappa shape index (κ1) is 17.9. The first-order valence-electron chi connectivity index (χ1n) is 8.64. The molecule has 0 aliphatic heterocycles. The molecule has 3 rings (SSSR count). The number of rotatable bonds is 5. The zero-order chi connectivity index (χ0) is 18.0. The highest BCUT2D eigenvalue weighted by atomic mass is 32.2. The van der Waals surface area contributed by atoms with Crippen LogP contribution in [0.1, 0.15) is 41.0 Å². The fraction of sp³-hybridized carbons (Fsp3) is 0.381. The molecule has 0 saturated heterocycles. The van der Waals surface area contributed by atoms with Crippen LogP contribution in [0.3, 0.4) is 0 Å². The molecule has 2 aromatic rings. The van der Waals surface area contributed by atoms with Crippen LogP contribution in [0.15, 0.2) is 36.4 Å². The summed E-state index contributed by atoms with van der Waals surface area (Å²) in [5, 5.41) is 0.0423. The number of hydrogen-bond donors (Lipinski definition) is 0. The highest BCUT2D eigenvalue weighted by Gasteiger charge is 2.28. The smallest absolute Gasteiger partial charge is 0.285 e. The lowest BCUT2D eigenvalue weighted by Gasteiger charge is -2.22. The third kappa shape index (κ3) is 4.01. The number of carbonyl (C=O) groups is 1. The van der Waals surface area contributed by atoms with E-state index in [4.69, 9.17) is 4.74 Å². The van der Waals surface area contributed by atoms with E-state index in [1.807, 2.05) is 31.5 Å². The molecular weight excluding hydrogens is 330 g/mol. The van der Waals surface area contributed by atoms with E-state index in [0.29, 0.717) is 12.5 Å². The summed E-state index contributed by atoms with van der Waals surface area (Å²) in [5.41, 5.74) is 5.78. The summed E-state index contributed by atoms with van der Waals surface area (Å²) in [6.45, 7) is 4.64. The number of nitrogens with zero attached hydrogens (tertiary/aromatic N) is 1. The molecule has 0 bridgehead atoms. The fourth-order valence-electron chi connectivity index (χ4n) is 3.19. The average Bonchev–Trinajstić information content (AvgIpc) is 3.44. The van der Waals surface area contributed by atoms with E-state index in [0.717, 1.165) is 22.6 Å². The van der Waals surface area contributed by atoms with E-state index in [2.05, 4.69) is 32.0 Å². The van der Waals surface area contributed by atoms with Crippen LogP contribution < -0.4 is 9.64 Å². The van der Waals surface area contributed by atoms with Gasteiger partial charge in [-0.05, 0) is 62.1 Å². The molecule has 25 heavy (non-hydrogen) atoms. The number of anilines is 1. The second-order valence-electron chi connectivity index (χ2n) is 6.71. The number of amides is 1. The van der Waals surface area contributed by atoms with Gasteiger partial charge in [-0.1, -0.05) is 41.6 Å². The van der Waals surface area contributed by atoms with Crippen molar-refractivity contribution >= 4 is 22.7 Å². The van der Waals surface area contributed by atoms with Crippen LogP contribution in [0, 0.1) is 13.8 Å². The van der Waals surface area contributed by atoms with Crippen molar-refractivity contribution in [2.24, 2.45) is 0 Å². The molecule has 132 valence electrons. The van der Waals surface area contributed by atoms with Gasteiger partial charge >= 0.3 is 0 Å². The predicted molar refractivity (Wildman–Crippen MR) is 106 cm³/mol. The summed E-state index contributed by atoms with van der Waals surface area (Å²) >= 11 is 1.23. The van der Waals surface area contributed by atoms with Gasteiger partial charge in [-0.15, -0.1) is 0 Å². The van der Waals surface area contributed by atoms with Crippen molar-refractivity contribution in [2.45, 2.75) is 39.2 Å². The Morgan fingerprint density at radius 3 is 2.64 bits per heavy atom.